The van der Waals surface area contributed by atoms with Crippen LogP contribution in [-0.4, -0.2) is 28.7 Å². The predicted octanol–water partition coefficient (Wildman–Crippen LogP) is 3.57. The third-order valence-electron chi connectivity index (χ3n) is 4.62. The largest absolute Gasteiger partial charge is 0.352 e. The van der Waals surface area contributed by atoms with Crippen LogP contribution in [0.5, 0.6) is 0 Å². The Labute approximate surface area is 147 Å². The molecule has 6 heteroatoms. The molecule has 1 N–H and O–H groups in total. The second-order valence-electron chi connectivity index (χ2n) is 6.34. The number of halogens is 1. The molecule has 0 radical (unpaired) electrons. The van der Waals surface area contributed by atoms with Crippen LogP contribution in [0.1, 0.15) is 38.2 Å². The molecule has 1 amide bonds. The van der Waals surface area contributed by atoms with Crippen LogP contribution in [0, 0.1) is 5.82 Å². The number of nitrogens with zero attached hydrogens (tertiary/aromatic N) is 3. The van der Waals surface area contributed by atoms with E-state index in [1.54, 1.807) is 24.3 Å². The highest BCUT2D eigenvalue weighted by Gasteiger charge is 2.22. The molecule has 1 unspecified atom stereocenters. The second kappa shape index (κ2) is 8.05. The van der Waals surface area contributed by atoms with E-state index in [-0.39, 0.29) is 18.1 Å². The lowest BCUT2D eigenvalue weighted by Gasteiger charge is -2.35. The number of carbonyl (C=O) groups excluding carboxylic acids is 1. The number of rotatable bonds is 5. The molecule has 1 fully saturated rings. The summed E-state index contributed by atoms with van der Waals surface area (Å²) in [6, 6.07) is 10.4. The average molecular weight is 342 g/mol. The van der Waals surface area contributed by atoms with Crippen molar-refractivity contribution in [2.45, 2.75) is 45.1 Å². The van der Waals surface area contributed by atoms with Gasteiger partial charge in [-0.15, -0.1) is 10.2 Å². The van der Waals surface area contributed by atoms with Gasteiger partial charge in [-0.2, -0.15) is 0 Å². The first-order valence-corrected chi connectivity index (χ1v) is 8.81. The molecule has 3 rings (SSSR count). The summed E-state index contributed by atoms with van der Waals surface area (Å²) in [6.45, 7) is 3.18. The van der Waals surface area contributed by atoms with Gasteiger partial charge in [0.05, 0.1) is 6.42 Å². The summed E-state index contributed by atoms with van der Waals surface area (Å²) >= 11 is 0. The summed E-state index contributed by atoms with van der Waals surface area (Å²) in [5.74, 6) is 0.542. The Hall–Kier alpha value is -2.50. The van der Waals surface area contributed by atoms with Crippen LogP contribution in [-0.2, 0) is 11.2 Å². The third-order valence-corrected chi connectivity index (χ3v) is 4.62. The maximum atomic E-state index is 13.6. The molecule has 2 aromatic rings. The van der Waals surface area contributed by atoms with Crippen LogP contribution in [0.4, 0.5) is 16.0 Å². The van der Waals surface area contributed by atoms with Crippen molar-refractivity contribution in [2.24, 2.45) is 0 Å². The Kier molecular flexibility index (Phi) is 5.58. The Balaban J connectivity index is 1.62. The van der Waals surface area contributed by atoms with Gasteiger partial charge in [0.15, 0.2) is 11.6 Å². The normalized spacial score (nSPS) is 17.4. The van der Waals surface area contributed by atoms with Gasteiger partial charge in [0, 0.05) is 12.6 Å². The SMILES string of the molecule is CCC1CCCCN1c1ccc(NC(=O)Cc2ccccc2F)nn1. The van der Waals surface area contributed by atoms with Gasteiger partial charge in [0.2, 0.25) is 5.91 Å². The highest BCUT2D eigenvalue weighted by Crippen LogP contribution is 2.24. The number of amides is 1. The maximum absolute atomic E-state index is 13.6. The fourth-order valence-electron chi connectivity index (χ4n) is 3.27. The van der Waals surface area contributed by atoms with Crippen LogP contribution >= 0.6 is 0 Å². The lowest BCUT2D eigenvalue weighted by atomic mass is 10.0. The van der Waals surface area contributed by atoms with Crippen molar-refractivity contribution in [1.29, 1.82) is 0 Å². The highest BCUT2D eigenvalue weighted by molar-refractivity contribution is 5.91. The fraction of sp³-hybridized carbons (Fsp3) is 0.421. The molecule has 1 aliphatic rings. The first-order valence-electron chi connectivity index (χ1n) is 8.81. The minimum Gasteiger partial charge on any atom is -0.352 e. The Morgan fingerprint density at radius 2 is 2.08 bits per heavy atom. The van der Waals surface area contributed by atoms with Gasteiger partial charge in [0.25, 0.3) is 0 Å². The first kappa shape index (κ1) is 17.3. The van der Waals surface area contributed by atoms with Gasteiger partial charge in [0.1, 0.15) is 5.82 Å². The summed E-state index contributed by atoms with van der Waals surface area (Å²) in [5.41, 5.74) is 0.365. The topological polar surface area (TPSA) is 58.1 Å². The zero-order valence-corrected chi connectivity index (χ0v) is 14.4. The van der Waals surface area contributed by atoms with Gasteiger partial charge in [-0.05, 0) is 49.4 Å². The Morgan fingerprint density at radius 1 is 1.24 bits per heavy atom. The molecule has 1 aromatic carbocycles. The maximum Gasteiger partial charge on any atom is 0.230 e. The summed E-state index contributed by atoms with van der Waals surface area (Å²) in [7, 11) is 0. The third kappa shape index (κ3) is 4.32. The van der Waals surface area contributed by atoms with E-state index in [1.807, 2.05) is 6.07 Å². The van der Waals surface area contributed by atoms with E-state index in [2.05, 4.69) is 27.3 Å². The van der Waals surface area contributed by atoms with Crippen molar-refractivity contribution in [3.05, 3.63) is 47.8 Å². The number of benzene rings is 1. The average Bonchev–Trinajstić information content (AvgIpc) is 2.64. The number of carbonyl (C=O) groups is 1. The zero-order valence-electron chi connectivity index (χ0n) is 14.4. The van der Waals surface area contributed by atoms with Crippen LogP contribution < -0.4 is 10.2 Å². The zero-order chi connectivity index (χ0) is 17.6. The lowest BCUT2D eigenvalue weighted by molar-refractivity contribution is -0.115. The Bertz CT molecular complexity index is 720. The molecule has 5 nitrogen and oxygen atoms in total. The van der Waals surface area contributed by atoms with Crippen molar-refractivity contribution in [3.63, 3.8) is 0 Å². The quantitative estimate of drug-likeness (QED) is 0.902. The predicted molar refractivity (Wildman–Crippen MR) is 96.0 cm³/mol. The van der Waals surface area contributed by atoms with Crippen molar-refractivity contribution < 1.29 is 9.18 Å². The van der Waals surface area contributed by atoms with Gasteiger partial charge in [-0.3, -0.25) is 4.79 Å². The molecule has 25 heavy (non-hydrogen) atoms. The van der Waals surface area contributed by atoms with Crippen molar-refractivity contribution in [1.82, 2.24) is 10.2 Å². The number of hydrogen-bond acceptors (Lipinski definition) is 4. The van der Waals surface area contributed by atoms with Crippen LogP contribution in [0.15, 0.2) is 36.4 Å². The molecular formula is C19H23FN4O. The minimum atomic E-state index is -0.380. The fourth-order valence-corrected chi connectivity index (χ4v) is 3.27. The van der Waals surface area contributed by atoms with Crippen molar-refractivity contribution in [3.8, 4) is 0 Å². The van der Waals surface area contributed by atoms with Gasteiger partial charge < -0.3 is 10.2 Å². The molecule has 1 aliphatic heterocycles. The summed E-state index contributed by atoms with van der Waals surface area (Å²) < 4.78 is 13.6. The Morgan fingerprint density at radius 3 is 2.80 bits per heavy atom. The molecule has 0 spiro atoms. The molecule has 1 saturated heterocycles. The second-order valence-corrected chi connectivity index (χ2v) is 6.34. The van der Waals surface area contributed by atoms with Crippen LogP contribution in [0.3, 0.4) is 0 Å². The number of piperidine rings is 1. The van der Waals surface area contributed by atoms with E-state index >= 15 is 0 Å². The molecule has 0 bridgehead atoms. The van der Waals surface area contributed by atoms with E-state index in [9.17, 15) is 9.18 Å². The van der Waals surface area contributed by atoms with E-state index in [4.69, 9.17) is 0 Å². The van der Waals surface area contributed by atoms with E-state index in [0.717, 1.165) is 18.8 Å². The molecule has 1 atom stereocenters. The number of hydrogen-bond donors (Lipinski definition) is 1. The van der Waals surface area contributed by atoms with Gasteiger partial charge in [-0.1, -0.05) is 25.1 Å². The monoisotopic (exact) mass is 342 g/mol. The molecule has 0 aliphatic carbocycles. The van der Waals surface area contributed by atoms with Crippen LogP contribution in [0.25, 0.3) is 0 Å². The molecule has 132 valence electrons. The van der Waals surface area contributed by atoms with Gasteiger partial charge >= 0.3 is 0 Å². The minimum absolute atomic E-state index is 0.0276. The van der Waals surface area contributed by atoms with Crippen molar-refractivity contribution >= 4 is 17.5 Å². The van der Waals surface area contributed by atoms with Crippen LogP contribution in [0.2, 0.25) is 0 Å². The summed E-state index contributed by atoms with van der Waals surface area (Å²) in [6.07, 6.45) is 4.66. The first-order chi connectivity index (χ1) is 12.2. The van der Waals surface area contributed by atoms with E-state index in [1.165, 1.54) is 25.3 Å². The lowest BCUT2D eigenvalue weighted by Crippen LogP contribution is -2.39. The molecule has 1 aromatic heterocycles. The number of anilines is 2. The summed E-state index contributed by atoms with van der Waals surface area (Å²) in [4.78, 5) is 14.4. The molecule has 0 saturated carbocycles. The smallest absolute Gasteiger partial charge is 0.230 e. The summed E-state index contributed by atoms with van der Waals surface area (Å²) in [5, 5.41) is 11.0. The van der Waals surface area contributed by atoms with Gasteiger partial charge in [-0.25, -0.2) is 4.39 Å². The number of aromatic nitrogens is 2. The van der Waals surface area contributed by atoms with E-state index < -0.39 is 0 Å². The highest BCUT2D eigenvalue weighted by atomic mass is 19.1. The molecular weight excluding hydrogens is 319 g/mol. The standard InChI is InChI=1S/C19H23FN4O/c1-2-15-8-5-6-12-24(15)18-11-10-17(22-23-18)21-19(25)13-14-7-3-4-9-16(14)20/h3-4,7,9-11,15H,2,5-6,8,12-13H2,1H3,(H,21,22,25). The van der Waals surface area contributed by atoms with Crippen molar-refractivity contribution in [2.75, 3.05) is 16.8 Å². The number of nitrogens with one attached hydrogen (secondary N) is 1. The molecule has 2 heterocycles. The van der Waals surface area contributed by atoms with E-state index in [0.29, 0.717) is 17.4 Å².